The molecule has 3 nitrogen and oxygen atoms in total. The number of benzene rings is 2. The number of nitrogen functional groups attached to an aromatic ring is 1. The van der Waals surface area contributed by atoms with Crippen LogP contribution in [-0.4, -0.2) is 5.91 Å². The normalized spacial score (nSPS) is 10.3. The number of nitrogens with two attached hydrogens (primary N) is 1. The van der Waals surface area contributed by atoms with Crippen molar-refractivity contribution in [2.75, 3.05) is 11.1 Å². The van der Waals surface area contributed by atoms with Gasteiger partial charge in [-0.1, -0.05) is 12.1 Å². The third kappa shape index (κ3) is 2.93. The standard InChI is InChI=1S/C14H12BrFN2O/c1-8-5-6-12(11(17)7-8)18-14(19)9-3-2-4-10(16)13(9)15/h2-7H,17H2,1H3,(H,18,19). The lowest BCUT2D eigenvalue weighted by molar-refractivity contribution is 0.102. The third-order valence-corrected chi connectivity index (χ3v) is 3.46. The number of carbonyl (C=O) groups is 1. The molecule has 0 saturated heterocycles. The van der Waals surface area contributed by atoms with E-state index in [4.69, 9.17) is 5.73 Å². The van der Waals surface area contributed by atoms with Gasteiger partial charge in [0.25, 0.3) is 5.91 Å². The molecule has 3 N–H and O–H groups in total. The van der Waals surface area contributed by atoms with Crippen molar-refractivity contribution in [2.24, 2.45) is 0 Å². The van der Waals surface area contributed by atoms with Gasteiger partial charge in [-0.2, -0.15) is 0 Å². The molecule has 0 unspecified atom stereocenters. The fraction of sp³-hybridized carbons (Fsp3) is 0.0714. The summed E-state index contributed by atoms with van der Waals surface area (Å²) < 4.78 is 13.5. The number of hydrogen-bond acceptors (Lipinski definition) is 2. The smallest absolute Gasteiger partial charge is 0.256 e. The predicted molar refractivity (Wildman–Crippen MR) is 77.6 cm³/mol. The summed E-state index contributed by atoms with van der Waals surface area (Å²) in [5, 5.41) is 2.66. The van der Waals surface area contributed by atoms with E-state index in [1.54, 1.807) is 12.1 Å². The molecule has 0 aliphatic rings. The first kappa shape index (κ1) is 13.5. The van der Waals surface area contributed by atoms with E-state index in [1.165, 1.54) is 18.2 Å². The summed E-state index contributed by atoms with van der Waals surface area (Å²) in [7, 11) is 0. The number of aryl methyl sites for hydroxylation is 1. The molecule has 0 aliphatic carbocycles. The van der Waals surface area contributed by atoms with Crippen LogP contribution in [0.5, 0.6) is 0 Å². The Hall–Kier alpha value is -1.88. The van der Waals surface area contributed by atoms with Gasteiger partial charge in [-0.25, -0.2) is 4.39 Å². The van der Waals surface area contributed by atoms with Crippen LogP contribution in [0.3, 0.4) is 0 Å². The molecular formula is C14H12BrFN2O. The van der Waals surface area contributed by atoms with Crippen molar-refractivity contribution in [3.63, 3.8) is 0 Å². The largest absolute Gasteiger partial charge is 0.397 e. The van der Waals surface area contributed by atoms with Crippen molar-refractivity contribution in [1.82, 2.24) is 0 Å². The van der Waals surface area contributed by atoms with Gasteiger partial charge in [0, 0.05) is 0 Å². The fourth-order valence-corrected chi connectivity index (χ4v) is 2.11. The minimum Gasteiger partial charge on any atom is -0.397 e. The minimum absolute atomic E-state index is 0.137. The molecule has 0 radical (unpaired) electrons. The molecule has 19 heavy (non-hydrogen) atoms. The number of rotatable bonds is 2. The highest BCUT2D eigenvalue weighted by atomic mass is 79.9. The van der Waals surface area contributed by atoms with E-state index in [9.17, 15) is 9.18 Å². The van der Waals surface area contributed by atoms with E-state index in [-0.39, 0.29) is 10.0 Å². The number of carbonyl (C=O) groups excluding carboxylic acids is 1. The third-order valence-electron chi connectivity index (χ3n) is 2.65. The van der Waals surface area contributed by atoms with Gasteiger partial charge in [0.05, 0.1) is 21.4 Å². The topological polar surface area (TPSA) is 55.1 Å². The Morgan fingerprint density at radius 3 is 2.74 bits per heavy atom. The monoisotopic (exact) mass is 322 g/mol. The second-order valence-electron chi connectivity index (χ2n) is 4.15. The second-order valence-corrected chi connectivity index (χ2v) is 4.94. The van der Waals surface area contributed by atoms with Gasteiger partial charge in [-0.15, -0.1) is 0 Å². The van der Waals surface area contributed by atoms with Crippen LogP contribution >= 0.6 is 15.9 Å². The zero-order valence-electron chi connectivity index (χ0n) is 10.2. The lowest BCUT2D eigenvalue weighted by Crippen LogP contribution is -2.14. The van der Waals surface area contributed by atoms with Crippen molar-refractivity contribution in [3.05, 3.63) is 57.8 Å². The van der Waals surface area contributed by atoms with Crippen LogP contribution in [0.1, 0.15) is 15.9 Å². The summed E-state index contributed by atoms with van der Waals surface area (Å²) in [5.41, 5.74) is 8.02. The molecule has 2 rings (SSSR count). The van der Waals surface area contributed by atoms with Crippen molar-refractivity contribution in [1.29, 1.82) is 0 Å². The Labute approximate surface area is 118 Å². The fourth-order valence-electron chi connectivity index (χ4n) is 1.66. The second kappa shape index (κ2) is 5.40. The van der Waals surface area contributed by atoms with Crippen LogP contribution in [-0.2, 0) is 0 Å². The average Bonchev–Trinajstić information content (AvgIpc) is 2.36. The first-order chi connectivity index (χ1) is 8.99. The molecule has 2 aromatic carbocycles. The molecule has 0 saturated carbocycles. The molecule has 98 valence electrons. The quantitative estimate of drug-likeness (QED) is 0.828. The molecule has 0 atom stereocenters. The van der Waals surface area contributed by atoms with Crippen LogP contribution in [0, 0.1) is 12.7 Å². The van der Waals surface area contributed by atoms with E-state index >= 15 is 0 Å². The van der Waals surface area contributed by atoms with Gasteiger partial charge in [-0.05, 0) is 52.7 Å². The summed E-state index contributed by atoms with van der Waals surface area (Å²) in [6.45, 7) is 1.91. The lowest BCUT2D eigenvalue weighted by Gasteiger charge is -2.10. The highest BCUT2D eigenvalue weighted by Gasteiger charge is 2.14. The van der Waals surface area contributed by atoms with Crippen molar-refractivity contribution in [2.45, 2.75) is 6.92 Å². The molecule has 0 spiro atoms. The molecule has 5 heteroatoms. The molecule has 1 amide bonds. The number of halogens is 2. The Balaban J connectivity index is 2.28. The van der Waals surface area contributed by atoms with Crippen LogP contribution in [0.15, 0.2) is 40.9 Å². The van der Waals surface area contributed by atoms with Gasteiger partial charge >= 0.3 is 0 Å². The SMILES string of the molecule is Cc1ccc(NC(=O)c2cccc(F)c2Br)c(N)c1. The number of amides is 1. The van der Waals surface area contributed by atoms with E-state index in [1.807, 2.05) is 13.0 Å². The highest BCUT2D eigenvalue weighted by molar-refractivity contribution is 9.10. The van der Waals surface area contributed by atoms with Crippen LogP contribution in [0.2, 0.25) is 0 Å². The van der Waals surface area contributed by atoms with E-state index in [2.05, 4.69) is 21.2 Å². The van der Waals surface area contributed by atoms with E-state index in [0.717, 1.165) is 5.56 Å². The number of anilines is 2. The van der Waals surface area contributed by atoms with Crippen molar-refractivity contribution < 1.29 is 9.18 Å². The lowest BCUT2D eigenvalue weighted by atomic mass is 10.1. The van der Waals surface area contributed by atoms with Gasteiger partial charge in [-0.3, -0.25) is 4.79 Å². The van der Waals surface area contributed by atoms with Crippen molar-refractivity contribution in [3.8, 4) is 0 Å². The molecule has 0 heterocycles. The molecule has 0 bridgehead atoms. The zero-order valence-corrected chi connectivity index (χ0v) is 11.8. The first-order valence-corrected chi connectivity index (χ1v) is 6.40. The Morgan fingerprint density at radius 1 is 1.32 bits per heavy atom. The summed E-state index contributed by atoms with van der Waals surface area (Å²) >= 11 is 3.06. The average molecular weight is 323 g/mol. The van der Waals surface area contributed by atoms with Crippen LogP contribution in [0.4, 0.5) is 15.8 Å². The molecular weight excluding hydrogens is 311 g/mol. The summed E-state index contributed by atoms with van der Waals surface area (Å²) in [5.74, 6) is -0.897. The van der Waals surface area contributed by atoms with E-state index in [0.29, 0.717) is 11.4 Å². The summed E-state index contributed by atoms with van der Waals surface area (Å²) in [6.07, 6.45) is 0. The molecule has 0 aliphatic heterocycles. The van der Waals surface area contributed by atoms with E-state index < -0.39 is 11.7 Å². The molecule has 2 aromatic rings. The zero-order chi connectivity index (χ0) is 14.0. The maximum absolute atomic E-state index is 13.4. The van der Waals surface area contributed by atoms with Crippen LogP contribution < -0.4 is 11.1 Å². The molecule has 0 aromatic heterocycles. The predicted octanol–water partition coefficient (Wildman–Crippen LogP) is 3.73. The van der Waals surface area contributed by atoms with Gasteiger partial charge in [0.15, 0.2) is 0 Å². The van der Waals surface area contributed by atoms with Crippen molar-refractivity contribution >= 4 is 33.2 Å². The summed E-state index contributed by atoms with van der Waals surface area (Å²) in [4.78, 5) is 12.1. The van der Waals surface area contributed by atoms with Gasteiger partial charge in [0.2, 0.25) is 0 Å². The number of hydrogen-bond donors (Lipinski definition) is 2. The minimum atomic E-state index is -0.482. The van der Waals surface area contributed by atoms with Crippen LogP contribution in [0.25, 0.3) is 0 Å². The number of nitrogens with one attached hydrogen (secondary N) is 1. The maximum Gasteiger partial charge on any atom is 0.256 e. The molecule has 0 fully saturated rings. The van der Waals surface area contributed by atoms with Gasteiger partial charge in [0.1, 0.15) is 5.82 Å². The Kier molecular flexibility index (Phi) is 3.85. The highest BCUT2D eigenvalue weighted by Crippen LogP contribution is 2.24. The van der Waals surface area contributed by atoms with Gasteiger partial charge < -0.3 is 11.1 Å². The Morgan fingerprint density at radius 2 is 2.05 bits per heavy atom. The maximum atomic E-state index is 13.4. The first-order valence-electron chi connectivity index (χ1n) is 5.60. The Bertz CT molecular complexity index is 643. The summed E-state index contributed by atoms with van der Waals surface area (Å²) in [6, 6.07) is 9.61.